The Morgan fingerprint density at radius 1 is 1.10 bits per heavy atom. The molecular weight excluding hydrogens is 378 g/mol. The molecule has 6 heteroatoms. The van der Waals surface area contributed by atoms with Crippen molar-refractivity contribution in [3.63, 3.8) is 0 Å². The summed E-state index contributed by atoms with van der Waals surface area (Å²) in [7, 11) is 0. The zero-order chi connectivity index (χ0) is 21.1. The van der Waals surface area contributed by atoms with E-state index in [1.807, 2.05) is 50.2 Å². The molecule has 0 spiro atoms. The third kappa shape index (κ3) is 4.17. The molecule has 0 saturated heterocycles. The highest BCUT2D eigenvalue weighted by Crippen LogP contribution is 2.29. The van der Waals surface area contributed by atoms with Crippen molar-refractivity contribution in [3.05, 3.63) is 77.5 Å². The summed E-state index contributed by atoms with van der Waals surface area (Å²) in [5.41, 5.74) is 4.21. The van der Waals surface area contributed by atoms with Crippen molar-refractivity contribution >= 4 is 23.2 Å². The average Bonchev–Trinajstić information content (AvgIpc) is 3.19. The zero-order valence-corrected chi connectivity index (χ0v) is 17.0. The van der Waals surface area contributed by atoms with Gasteiger partial charge in [0.05, 0.1) is 11.9 Å². The van der Waals surface area contributed by atoms with Gasteiger partial charge in [-0.15, -0.1) is 0 Å². The van der Waals surface area contributed by atoms with Crippen molar-refractivity contribution < 1.29 is 14.3 Å². The maximum absolute atomic E-state index is 12.6. The van der Waals surface area contributed by atoms with E-state index in [9.17, 15) is 9.59 Å². The molecule has 0 saturated carbocycles. The van der Waals surface area contributed by atoms with Gasteiger partial charge in [-0.1, -0.05) is 24.6 Å². The molecule has 2 heterocycles. The van der Waals surface area contributed by atoms with Crippen LogP contribution < -0.4 is 15.0 Å². The van der Waals surface area contributed by atoms with Crippen LogP contribution in [0.1, 0.15) is 34.8 Å². The van der Waals surface area contributed by atoms with E-state index < -0.39 is 0 Å². The van der Waals surface area contributed by atoms with Crippen LogP contribution in [-0.2, 0) is 11.2 Å². The molecule has 0 aliphatic carbocycles. The summed E-state index contributed by atoms with van der Waals surface area (Å²) in [5.74, 6) is 1.05. The van der Waals surface area contributed by atoms with Crippen LogP contribution in [0, 0.1) is 6.92 Å². The van der Waals surface area contributed by atoms with Gasteiger partial charge in [0.2, 0.25) is 11.8 Å². The Labute approximate surface area is 175 Å². The number of rotatable bonds is 5. The van der Waals surface area contributed by atoms with Gasteiger partial charge in [0.25, 0.3) is 5.91 Å². The molecule has 1 aromatic heterocycles. The number of benzene rings is 2. The van der Waals surface area contributed by atoms with E-state index in [1.54, 1.807) is 29.3 Å². The number of amides is 2. The lowest BCUT2D eigenvalue weighted by atomic mass is 10.1. The quantitative estimate of drug-likeness (QED) is 0.671. The van der Waals surface area contributed by atoms with Crippen LogP contribution >= 0.6 is 0 Å². The number of nitrogens with zero attached hydrogens (tertiary/aromatic N) is 2. The smallest absolute Gasteiger partial charge is 0.255 e. The van der Waals surface area contributed by atoms with Crippen LogP contribution in [0.4, 0.5) is 11.4 Å². The highest BCUT2D eigenvalue weighted by molar-refractivity contribution is 6.05. The van der Waals surface area contributed by atoms with E-state index in [2.05, 4.69) is 10.3 Å². The Morgan fingerprint density at radius 2 is 1.90 bits per heavy atom. The number of hydrogen-bond acceptors (Lipinski definition) is 4. The summed E-state index contributed by atoms with van der Waals surface area (Å²) in [5, 5.41) is 2.86. The number of nitrogens with one attached hydrogen (secondary N) is 1. The Morgan fingerprint density at radius 3 is 2.60 bits per heavy atom. The molecule has 0 bridgehead atoms. The first kappa shape index (κ1) is 19.6. The molecule has 1 aliphatic rings. The summed E-state index contributed by atoms with van der Waals surface area (Å²) in [6, 6.07) is 16.6. The molecule has 3 aromatic rings. The third-order valence-corrected chi connectivity index (χ3v) is 5.08. The minimum Gasteiger partial charge on any atom is -0.439 e. The van der Waals surface area contributed by atoms with Crippen molar-refractivity contribution in [2.24, 2.45) is 0 Å². The lowest BCUT2D eigenvalue weighted by Crippen LogP contribution is -2.27. The van der Waals surface area contributed by atoms with Gasteiger partial charge in [-0.25, -0.2) is 4.98 Å². The van der Waals surface area contributed by atoms with E-state index in [1.165, 1.54) is 0 Å². The third-order valence-electron chi connectivity index (χ3n) is 5.08. The highest BCUT2D eigenvalue weighted by atomic mass is 16.5. The molecular formula is C24H23N3O3. The number of aromatic nitrogens is 1. The number of ether oxygens (including phenoxy) is 1. The SMILES string of the molecule is CCC(=O)N1CCc2cc(C(=O)Nc3ccc(Oc4ccc(C)cc4)nc3)ccc21. The van der Waals surface area contributed by atoms with Crippen LogP contribution in [0.2, 0.25) is 0 Å². The first-order valence-corrected chi connectivity index (χ1v) is 9.98. The largest absolute Gasteiger partial charge is 0.439 e. The summed E-state index contributed by atoms with van der Waals surface area (Å²) >= 11 is 0. The average molecular weight is 401 g/mol. The molecule has 152 valence electrons. The fourth-order valence-electron chi connectivity index (χ4n) is 3.44. The molecule has 0 atom stereocenters. The highest BCUT2D eigenvalue weighted by Gasteiger charge is 2.24. The second-order valence-electron chi connectivity index (χ2n) is 7.25. The Balaban J connectivity index is 1.41. The fraction of sp³-hybridized carbons (Fsp3) is 0.208. The van der Waals surface area contributed by atoms with Crippen LogP contribution in [0.25, 0.3) is 0 Å². The molecule has 6 nitrogen and oxygen atoms in total. The summed E-state index contributed by atoms with van der Waals surface area (Å²) in [6.07, 6.45) is 2.80. The number of carbonyl (C=O) groups excluding carboxylic acids is 2. The zero-order valence-electron chi connectivity index (χ0n) is 17.0. The first-order chi connectivity index (χ1) is 14.5. The first-order valence-electron chi connectivity index (χ1n) is 9.98. The minimum atomic E-state index is -0.216. The number of aryl methyl sites for hydroxylation is 1. The van der Waals surface area contributed by atoms with Crippen LogP contribution in [-0.4, -0.2) is 23.3 Å². The predicted octanol–water partition coefficient (Wildman–Crippen LogP) is 4.73. The van der Waals surface area contributed by atoms with E-state index in [0.717, 1.165) is 23.2 Å². The minimum absolute atomic E-state index is 0.102. The maximum Gasteiger partial charge on any atom is 0.255 e. The molecule has 2 aromatic carbocycles. The number of anilines is 2. The number of hydrogen-bond donors (Lipinski definition) is 1. The monoisotopic (exact) mass is 401 g/mol. The summed E-state index contributed by atoms with van der Waals surface area (Å²) in [4.78, 5) is 30.7. The van der Waals surface area contributed by atoms with E-state index in [0.29, 0.717) is 35.8 Å². The van der Waals surface area contributed by atoms with Crippen molar-refractivity contribution in [1.82, 2.24) is 4.98 Å². The number of carbonyl (C=O) groups is 2. The van der Waals surface area contributed by atoms with Gasteiger partial charge in [-0.3, -0.25) is 9.59 Å². The topological polar surface area (TPSA) is 71.5 Å². The van der Waals surface area contributed by atoms with Gasteiger partial charge in [-0.05, 0) is 55.3 Å². The fourth-order valence-corrected chi connectivity index (χ4v) is 3.44. The van der Waals surface area contributed by atoms with Crippen LogP contribution in [0.15, 0.2) is 60.8 Å². The van der Waals surface area contributed by atoms with Gasteiger partial charge in [-0.2, -0.15) is 0 Å². The van der Waals surface area contributed by atoms with Crippen LogP contribution in [0.3, 0.4) is 0 Å². The van der Waals surface area contributed by atoms with Gasteiger partial charge >= 0.3 is 0 Å². The van der Waals surface area contributed by atoms with Gasteiger partial charge in [0.15, 0.2) is 0 Å². The normalized spacial score (nSPS) is 12.4. The van der Waals surface area contributed by atoms with Crippen molar-refractivity contribution in [2.75, 3.05) is 16.8 Å². The van der Waals surface area contributed by atoms with E-state index >= 15 is 0 Å². The Bertz CT molecular complexity index is 1080. The van der Waals surface area contributed by atoms with Gasteiger partial charge in [0.1, 0.15) is 5.75 Å². The maximum atomic E-state index is 12.6. The molecule has 0 fully saturated rings. The molecule has 4 rings (SSSR count). The summed E-state index contributed by atoms with van der Waals surface area (Å²) < 4.78 is 5.71. The van der Waals surface area contributed by atoms with Gasteiger partial charge in [0, 0.05) is 30.3 Å². The molecule has 30 heavy (non-hydrogen) atoms. The molecule has 1 N–H and O–H groups in total. The van der Waals surface area contributed by atoms with E-state index in [4.69, 9.17) is 4.74 Å². The Kier molecular flexibility index (Phi) is 5.48. The molecule has 0 radical (unpaired) electrons. The predicted molar refractivity (Wildman–Crippen MR) is 116 cm³/mol. The van der Waals surface area contributed by atoms with Crippen molar-refractivity contribution in [3.8, 4) is 11.6 Å². The summed E-state index contributed by atoms with van der Waals surface area (Å²) in [6.45, 7) is 4.54. The Hall–Kier alpha value is -3.67. The van der Waals surface area contributed by atoms with Crippen LogP contribution in [0.5, 0.6) is 11.6 Å². The molecule has 2 amide bonds. The number of fused-ring (bicyclic) bond motifs is 1. The van der Waals surface area contributed by atoms with E-state index in [-0.39, 0.29) is 11.8 Å². The second kappa shape index (κ2) is 8.37. The lowest BCUT2D eigenvalue weighted by Gasteiger charge is -2.16. The molecule has 1 aliphatic heterocycles. The molecule has 0 unspecified atom stereocenters. The second-order valence-corrected chi connectivity index (χ2v) is 7.25. The standard InChI is InChI=1S/C24H23N3O3/c1-3-23(28)27-13-12-17-14-18(6-10-21(17)27)24(29)26-19-7-11-22(25-15-19)30-20-8-4-16(2)5-9-20/h4-11,14-15H,3,12-13H2,1-2H3,(H,26,29). The van der Waals surface area contributed by atoms with Crippen molar-refractivity contribution in [1.29, 1.82) is 0 Å². The van der Waals surface area contributed by atoms with Crippen molar-refractivity contribution in [2.45, 2.75) is 26.7 Å². The number of pyridine rings is 1. The lowest BCUT2D eigenvalue weighted by molar-refractivity contribution is -0.118. The van der Waals surface area contributed by atoms with Gasteiger partial charge < -0.3 is 15.0 Å².